The Morgan fingerprint density at radius 2 is 1.69 bits per heavy atom. The van der Waals surface area contributed by atoms with E-state index in [2.05, 4.69) is 5.32 Å². The summed E-state index contributed by atoms with van der Waals surface area (Å²) in [6.45, 7) is 1.91. The smallest absolute Gasteiger partial charge is 0.416 e. The number of hydrogen-bond donors (Lipinski definition) is 2. The van der Waals surface area contributed by atoms with E-state index in [1.165, 1.54) is 16.2 Å². The van der Waals surface area contributed by atoms with Gasteiger partial charge in [0.25, 0.3) is 5.91 Å². The first kappa shape index (κ1) is 23.9. The van der Waals surface area contributed by atoms with Crippen molar-refractivity contribution in [2.75, 3.05) is 13.1 Å². The molecule has 12 heteroatoms. The minimum Gasteiger partial charge on any atom is -0.465 e. The van der Waals surface area contributed by atoms with Crippen LogP contribution in [0.2, 0.25) is 0 Å². The van der Waals surface area contributed by atoms with E-state index >= 15 is 0 Å². The van der Waals surface area contributed by atoms with Crippen molar-refractivity contribution in [3.8, 4) is 0 Å². The van der Waals surface area contributed by atoms with Crippen molar-refractivity contribution in [3.05, 3.63) is 56.8 Å². The van der Waals surface area contributed by atoms with Crippen molar-refractivity contribution in [1.82, 2.24) is 10.2 Å². The predicted octanol–water partition coefficient (Wildman–Crippen LogP) is 5.36. The number of aryl methyl sites for hydroxylation is 1. The summed E-state index contributed by atoms with van der Waals surface area (Å²) >= 11 is 1.34. The molecule has 0 bridgehead atoms. The third kappa shape index (κ3) is 5.17. The second-order valence-electron chi connectivity index (χ2n) is 7.47. The number of amides is 2. The molecule has 0 saturated carbocycles. The number of hydrogen-bond acceptors (Lipinski definition) is 3. The van der Waals surface area contributed by atoms with Gasteiger partial charge in [-0.3, -0.25) is 4.79 Å². The lowest BCUT2D eigenvalue weighted by atomic mass is 9.89. The highest BCUT2D eigenvalue weighted by atomic mass is 32.1. The zero-order valence-electron chi connectivity index (χ0n) is 16.5. The first-order valence-electron chi connectivity index (χ1n) is 9.39. The van der Waals surface area contributed by atoms with Crippen LogP contribution in [0.3, 0.4) is 0 Å². The molecular weight excluding hydrogens is 462 g/mol. The Labute approximate surface area is 182 Å². The van der Waals surface area contributed by atoms with Crippen LogP contribution >= 0.6 is 11.3 Å². The molecule has 1 aliphatic rings. The highest BCUT2D eigenvalue weighted by Crippen LogP contribution is 2.37. The molecule has 2 amide bonds. The van der Waals surface area contributed by atoms with Crippen molar-refractivity contribution in [2.45, 2.75) is 37.7 Å². The lowest BCUT2D eigenvalue weighted by Crippen LogP contribution is -2.51. The van der Waals surface area contributed by atoms with Gasteiger partial charge in [-0.05, 0) is 48.6 Å². The number of carbonyl (C=O) groups is 2. The molecule has 174 valence electrons. The van der Waals surface area contributed by atoms with Crippen molar-refractivity contribution in [2.24, 2.45) is 0 Å². The van der Waals surface area contributed by atoms with Crippen molar-refractivity contribution in [1.29, 1.82) is 0 Å². The van der Waals surface area contributed by atoms with Gasteiger partial charge in [-0.2, -0.15) is 26.3 Å². The standard InChI is InChI=1S/C20H18F6N2O3S/c1-10-3-5-32-16(10)14-9-28(18(30)31)4-2-15(14)27-17(29)11-6-12(19(21,22)23)8-13(7-11)20(24,25)26/h3,5-8,14-15H,2,4,9H2,1H3,(H,27,29)(H,30,31)/t14-,15-/m1/s1. The molecule has 1 aromatic heterocycles. The van der Waals surface area contributed by atoms with Gasteiger partial charge in [-0.15, -0.1) is 11.3 Å². The number of nitrogens with zero attached hydrogens (tertiary/aromatic N) is 1. The summed E-state index contributed by atoms with van der Waals surface area (Å²) in [6.07, 6.45) is -11.1. The van der Waals surface area contributed by atoms with E-state index in [9.17, 15) is 41.0 Å². The Balaban J connectivity index is 1.92. The fourth-order valence-electron chi connectivity index (χ4n) is 3.67. The molecule has 0 unspecified atom stereocenters. The van der Waals surface area contributed by atoms with Crippen molar-refractivity contribution in [3.63, 3.8) is 0 Å². The van der Waals surface area contributed by atoms with E-state index in [1.807, 2.05) is 0 Å². The Hall–Kier alpha value is -2.76. The maximum absolute atomic E-state index is 13.1. The van der Waals surface area contributed by atoms with Gasteiger partial charge in [0.05, 0.1) is 11.1 Å². The van der Waals surface area contributed by atoms with Crippen LogP contribution in [0.1, 0.15) is 44.3 Å². The van der Waals surface area contributed by atoms with Crippen molar-refractivity contribution >= 4 is 23.3 Å². The summed E-state index contributed by atoms with van der Waals surface area (Å²) in [4.78, 5) is 26.1. The molecule has 1 fully saturated rings. The normalized spacial score (nSPS) is 19.7. The molecule has 0 aliphatic carbocycles. The molecule has 5 nitrogen and oxygen atoms in total. The molecule has 2 atom stereocenters. The first-order valence-corrected chi connectivity index (χ1v) is 10.3. The molecular formula is C20H18F6N2O3S. The molecule has 1 aromatic carbocycles. The third-order valence-corrected chi connectivity index (χ3v) is 6.44. The average Bonchev–Trinajstić information content (AvgIpc) is 3.12. The predicted molar refractivity (Wildman–Crippen MR) is 104 cm³/mol. The summed E-state index contributed by atoms with van der Waals surface area (Å²) in [5.41, 5.74) is -3.08. The number of benzene rings is 1. The summed E-state index contributed by atoms with van der Waals surface area (Å²) in [5.74, 6) is -1.58. The number of nitrogens with one attached hydrogen (secondary N) is 1. The zero-order chi connectivity index (χ0) is 23.8. The van der Waals surface area contributed by atoms with Crippen LogP contribution in [0.25, 0.3) is 0 Å². The zero-order valence-corrected chi connectivity index (χ0v) is 17.4. The fourth-order valence-corrected chi connectivity index (χ4v) is 4.75. The average molecular weight is 480 g/mol. The quantitative estimate of drug-likeness (QED) is 0.582. The fraction of sp³-hybridized carbons (Fsp3) is 0.400. The summed E-state index contributed by atoms with van der Waals surface area (Å²) in [7, 11) is 0. The lowest BCUT2D eigenvalue weighted by molar-refractivity contribution is -0.143. The Kier molecular flexibility index (Phi) is 6.45. The maximum atomic E-state index is 13.1. The number of halogens is 6. The van der Waals surface area contributed by atoms with Crippen LogP contribution in [-0.2, 0) is 12.4 Å². The minimum atomic E-state index is -5.07. The van der Waals surface area contributed by atoms with E-state index in [0.717, 1.165) is 10.4 Å². The molecule has 32 heavy (non-hydrogen) atoms. The van der Waals surface area contributed by atoms with Gasteiger partial charge in [0, 0.05) is 35.5 Å². The maximum Gasteiger partial charge on any atom is 0.416 e. The largest absolute Gasteiger partial charge is 0.465 e. The molecule has 2 heterocycles. The molecule has 1 aliphatic heterocycles. The topological polar surface area (TPSA) is 69.6 Å². The summed E-state index contributed by atoms with van der Waals surface area (Å²) in [5, 5.41) is 13.6. The highest BCUT2D eigenvalue weighted by Gasteiger charge is 2.39. The Morgan fingerprint density at radius 3 is 2.16 bits per heavy atom. The third-order valence-electron chi connectivity index (χ3n) is 5.29. The van der Waals surface area contributed by atoms with Crippen LogP contribution in [0.15, 0.2) is 29.6 Å². The number of carboxylic acid groups (broad SMARTS) is 1. The number of piperidine rings is 1. The van der Waals surface area contributed by atoms with Gasteiger partial charge >= 0.3 is 18.4 Å². The van der Waals surface area contributed by atoms with E-state index in [1.54, 1.807) is 18.4 Å². The second-order valence-corrected chi connectivity index (χ2v) is 8.41. The molecule has 3 rings (SSSR count). The van der Waals surface area contributed by atoms with Crippen LogP contribution < -0.4 is 5.32 Å². The molecule has 0 spiro atoms. The Bertz CT molecular complexity index is 985. The van der Waals surface area contributed by atoms with Gasteiger partial charge in [0.2, 0.25) is 0 Å². The van der Waals surface area contributed by atoms with Gasteiger partial charge in [-0.25, -0.2) is 4.79 Å². The summed E-state index contributed by atoms with van der Waals surface area (Å²) in [6, 6.07) is 1.85. The molecule has 2 N–H and O–H groups in total. The van der Waals surface area contributed by atoms with E-state index < -0.39 is 53.0 Å². The second kappa shape index (κ2) is 8.64. The van der Waals surface area contributed by atoms with E-state index in [4.69, 9.17) is 0 Å². The van der Waals surface area contributed by atoms with Crippen molar-refractivity contribution < 1.29 is 41.0 Å². The minimum absolute atomic E-state index is 0.0397. The molecule has 2 aromatic rings. The van der Waals surface area contributed by atoms with Gasteiger partial charge in [0.15, 0.2) is 0 Å². The number of alkyl halides is 6. The first-order chi connectivity index (χ1) is 14.8. The van der Waals surface area contributed by atoms with Gasteiger partial charge in [0.1, 0.15) is 0 Å². The number of rotatable bonds is 3. The van der Waals surface area contributed by atoms with Crippen LogP contribution in [0.4, 0.5) is 31.1 Å². The van der Waals surface area contributed by atoms with Gasteiger partial charge < -0.3 is 15.3 Å². The SMILES string of the molecule is Cc1ccsc1[C@@H]1CN(C(=O)O)CC[C@H]1NC(=O)c1cc(C(F)(F)F)cc(C(F)(F)F)c1. The van der Waals surface area contributed by atoms with E-state index in [0.29, 0.717) is 12.1 Å². The van der Waals surface area contributed by atoms with E-state index in [-0.39, 0.29) is 25.6 Å². The molecule has 0 radical (unpaired) electrons. The lowest BCUT2D eigenvalue weighted by Gasteiger charge is -2.37. The number of likely N-dealkylation sites (tertiary alicyclic amines) is 1. The Morgan fingerprint density at radius 1 is 1.09 bits per heavy atom. The molecule has 1 saturated heterocycles. The van der Waals surface area contributed by atoms with Crippen LogP contribution in [-0.4, -0.2) is 41.1 Å². The number of thiophene rings is 1. The monoisotopic (exact) mass is 480 g/mol. The highest BCUT2D eigenvalue weighted by molar-refractivity contribution is 7.10. The van der Waals surface area contributed by atoms with Gasteiger partial charge in [-0.1, -0.05) is 0 Å². The summed E-state index contributed by atoms with van der Waals surface area (Å²) < 4.78 is 78.7. The van der Waals surface area contributed by atoms with Crippen LogP contribution in [0.5, 0.6) is 0 Å². The number of carbonyl (C=O) groups excluding carboxylic acids is 1. The van der Waals surface area contributed by atoms with Crippen LogP contribution in [0, 0.1) is 6.92 Å².